The van der Waals surface area contributed by atoms with E-state index in [-0.39, 0.29) is 17.0 Å². The van der Waals surface area contributed by atoms with Crippen LogP contribution in [0.25, 0.3) is 11.1 Å². The zero-order chi connectivity index (χ0) is 24.5. The molecule has 0 atom stereocenters. The average molecular weight is 477 g/mol. The molecule has 0 unspecified atom stereocenters. The van der Waals surface area contributed by atoms with Gasteiger partial charge >= 0.3 is 0 Å². The molecule has 188 valence electrons. The van der Waals surface area contributed by atoms with Gasteiger partial charge in [0.1, 0.15) is 11.6 Å². The van der Waals surface area contributed by atoms with Gasteiger partial charge in [0.2, 0.25) is 0 Å². The van der Waals surface area contributed by atoms with E-state index in [1.807, 2.05) is 0 Å². The lowest BCUT2D eigenvalue weighted by atomic mass is 9.77. The van der Waals surface area contributed by atoms with Gasteiger partial charge in [0.25, 0.3) is 0 Å². The van der Waals surface area contributed by atoms with Crippen molar-refractivity contribution in [1.29, 1.82) is 0 Å². The zero-order valence-corrected chi connectivity index (χ0v) is 20.9. The topological polar surface area (TPSA) is 0 Å². The van der Waals surface area contributed by atoms with Gasteiger partial charge in [0.05, 0.1) is 5.56 Å². The van der Waals surface area contributed by atoms with E-state index in [1.165, 1.54) is 83.3 Å². The lowest BCUT2D eigenvalue weighted by molar-refractivity contribution is 0.301. The molecule has 1 fully saturated rings. The number of halogens is 4. The molecular formula is C30H40F4. The van der Waals surface area contributed by atoms with Crippen molar-refractivity contribution in [2.24, 2.45) is 5.92 Å². The first-order chi connectivity index (χ1) is 16.4. The highest BCUT2D eigenvalue weighted by Crippen LogP contribution is 2.39. The highest BCUT2D eigenvalue weighted by molar-refractivity contribution is 5.66. The fourth-order valence-corrected chi connectivity index (χ4v) is 5.48. The van der Waals surface area contributed by atoms with Crippen LogP contribution in [0, 0.1) is 36.1 Å². The Hall–Kier alpha value is -1.84. The summed E-state index contributed by atoms with van der Waals surface area (Å²) in [6, 6.07) is 5.45. The van der Waals surface area contributed by atoms with Crippen molar-refractivity contribution in [2.45, 2.75) is 110 Å². The van der Waals surface area contributed by atoms with Crippen molar-refractivity contribution in [3.8, 4) is 11.1 Å². The van der Waals surface area contributed by atoms with E-state index < -0.39 is 28.8 Å². The minimum Gasteiger partial charge on any atom is -0.206 e. The van der Waals surface area contributed by atoms with Crippen molar-refractivity contribution >= 4 is 0 Å². The second kappa shape index (κ2) is 13.3. The number of rotatable bonds is 12. The Morgan fingerprint density at radius 3 is 1.94 bits per heavy atom. The third-order valence-corrected chi connectivity index (χ3v) is 7.64. The number of unbranched alkanes of at least 4 members (excludes halogenated alkanes) is 8. The van der Waals surface area contributed by atoms with Crippen LogP contribution in [0.1, 0.15) is 114 Å². The Balaban J connectivity index is 1.46. The van der Waals surface area contributed by atoms with E-state index in [9.17, 15) is 17.6 Å². The smallest absolute Gasteiger partial charge is 0.169 e. The summed E-state index contributed by atoms with van der Waals surface area (Å²) in [5.74, 6) is -3.09. The van der Waals surface area contributed by atoms with E-state index in [1.54, 1.807) is 6.07 Å². The van der Waals surface area contributed by atoms with Crippen LogP contribution in [0.4, 0.5) is 17.6 Å². The fourth-order valence-electron chi connectivity index (χ4n) is 5.48. The van der Waals surface area contributed by atoms with Crippen molar-refractivity contribution in [3.63, 3.8) is 0 Å². The van der Waals surface area contributed by atoms with Gasteiger partial charge in [0, 0.05) is 5.56 Å². The van der Waals surface area contributed by atoms with Gasteiger partial charge in [-0.3, -0.25) is 0 Å². The fraction of sp³-hybridized carbons (Fsp3) is 0.600. The third-order valence-electron chi connectivity index (χ3n) is 7.64. The molecule has 0 bridgehead atoms. The molecule has 1 aliphatic rings. The van der Waals surface area contributed by atoms with Crippen LogP contribution in [0.2, 0.25) is 0 Å². The van der Waals surface area contributed by atoms with Crippen LogP contribution in [0.3, 0.4) is 0 Å². The van der Waals surface area contributed by atoms with Crippen LogP contribution in [0.15, 0.2) is 24.3 Å². The molecule has 0 spiro atoms. The monoisotopic (exact) mass is 476 g/mol. The van der Waals surface area contributed by atoms with Gasteiger partial charge in [-0.05, 0) is 67.7 Å². The summed E-state index contributed by atoms with van der Waals surface area (Å²) in [6.07, 6.45) is 17.8. The average Bonchev–Trinajstić information content (AvgIpc) is 2.83. The first kappa shape index (κ1) is 26.8. The zero-order valence-electron chi connectivity index (χ0n) is 20.9. The first-order valence-electron chi connectivity index (χ1n) is 13.4. The molecule has 0 nitrogen and oxygen atoms in total. The summed E-state index contributed by atoms with van der Waals surface area (Å²) < 4.78 is 57.5. The molecule has 4 heteroatoms. The minimum atomic E-state index is -1.33. The molecule has 2 aromatic rings. The lowest BCUT2D eigenvalue weighted by Crippen LogP contribution is -2.13. The standard InChI is InChI=1S/C30H40F4/c1-3-4-5-6-7-8-9-10-11-12-22-13-15-23(16-14-22)24-17-18-25(26(31)20-24)28-27(32)19-21(2)29(33)30(28)34/h17-20,22-23H,3-16H2,1-2H3. The molecule has 1 saturated carbocycles. The Labute approximate surface area is 203 Å². The van der Waals surface area contributed by atoms with Gasteiger partial charge in [-0.25, -0.2) is 17.6 Å². The van der Waals surface area contributed by atoms with E-state index in [4.69, 9.17) is 0 Å². The van der Waals surface area contributed by atoms with Gasteiger partial charge in [-0.15, -0.1) is 0 Å². The van der Waals surface area contributed by atoms with Crippen molar-refractivity contribution in [1.82, 2.24) is 0 Å². The summed E-state index contributed by atoms with van der Waals surface area (Å²) in [4.78, 5) is 0. The second-order valence-electron chi connectivity index (χ2n) is 10.3. The van der Waals surface area contributed by atoms with Crippen LogP contribution in [0.5, 0.6) is 0 Å². The van der Waals surface area contributed by atoms with Gasteiger partial charge in [0.15, 0.2) is 11.6 Å². The maximum Gasteiger partial charge on any atom is 0.169 e. The van der Waals surface area contributed by atoms with Crippen molar-refractivity contribution < 1.29 is 17.6 Å². The van der Waals surface area contributed by atoms with Gasteiger partial charge < -0.3 is 0 Å². The highest BCUT2D eigenvalue weighted by Gasteiger charge is 2.25. The highest BCUT2D eigenvalue weighted by atomic mass is 19.2. The summed E-state index contributed by atoms with van der Waals surface area (Å²) in [6.45, 7) is 3.54. The first-order valence-corrected chi connectivity index (χ1v) is 13.4. The van der Waals surface area contributed by atoms with Gasteiger partial charge in [-0.2, -0.15) is 0 Å². The van der Waals surface area contributed by atoms with Crippen molar-refractivity contribution in [2.75, 3.05) is 0 Å². The van der Waals surface area contributed by atoms with Crippen molar-refractivity contribution in [3.05, 3.63) is 58.7 Å². The lowest BCUT2D eigenvalue weighted by Gasteiger charge is -2.29. The van der Waals surface area contributed by atoms with Crippen LogP contribution >= 0.6 is 0 Å². The molecule has 2 aromatic carbocycles. The Bertz CT molecular complexity index is 913. The summed E-state index contributed by atoms with van der Waals surface area (Å²) in [5.41, 5.74) is -0.111. The number of benzene rings is 2. The molecule has 0 aliphatic heterocycles. The number of hydrogen-bond acceptors (Lipinski definition) is 0. The molecule has 0 aromatic heterocycles. The summed E-state index contributed by atoms with van der Waals surface area (Å²) in [7, 11) is 0. The van der Waals surface area contributed by atoms with E-state index in [0.717, 1.165) is 43.2 Å². The van der Waals surface area contributed by atoms with Crippen LogP contribution < -0.4 is 0 Å². The second-order valence-corrected chi connectivity index (χ2v) is 10.3. The maximum absolute atomic E-state index is 14.9. The number of hydrogen-bond donors (Lipinski definition) is 0. The van der Waals surface area contributed by atoms with E-state index in [2.05, 4.69) is 6.92 Å². The molecule has 3 rings (SSSR count). The number of aryl methyl sites for hydroxylation is 1. The largest absolute Gasteiger partial charge is 0.206 e. The molecule has 0 heterocycles. The SMILES string of the molecule is CCCCCCCCCCCC1CCC(c2ccc(-c3c(F)cc(C)c(F)c3F)c(F)c2)CC1. The van der Waals surface area contributed by atoms with E-state index >= 15 is 0 Å². The van der Waals surface area contributed by atoms with Crippen LogP contribution in [-0.2, 0) is 0 Å². The molecule has 0 radical (unpaired) electrons. The predicted molar refractivity (Wildman–Crippen MR) is 133 cm³/mol. The van der Waals surface area contributed by atoms with Gasteiger partial charge in [-0.1, -0.05) is 83.3 Å². The molecule has 0 saturated heterocycles. The van der Waals surface area contributed by atoms with Crippen LogP contribution in [-0.4, -0.2) is 0 Å². The quantitative estimate of drug-likeness (QED) is 0.162. The molecular weight excluding hydrogens is 436 g/mol. The molecule has 0 N–H and O–H groups in total. The Morgan fingerprint density at radius 1 is 0.706 bits per heavy atom. The predicted octanol–water partition coefficient (Wildman–Crippen LogP) is 10.4. The Morgan fingerprint density at radius 2 is 1.32 bits per heavy atom. The Kier molecular flexibility index (Phi) is 10.5. The normalized spacial score (nSPS) is 18.4. The molecule has 1 aliphatic carbocycles. The molecule has 34 heavy (non-hydrogen) atoms. The van der Waals surface area contributed by atoms with E-state index in [0.29, 0.717) is 0 Å². The summed E-state index contributed by atoms with van der Waals surface area (Å²) in [5, 5.41) is 0. The summed E-state index contributed by atoms with van der Waals surface area (Å²) >= 11 is 0. The minimum absolute atomic E-state index is 0.130. The maximum atomic E-state index is 14.9. The third kappa shape index (κ3) is 7.09. The molecule has 0 amide bonds.